The highest BCUT2D eigenvalue weighted by Gasteiger charge is 2.30. The van der Waals surface area contributed by atoms with Crippen LogP contribution in [0.25, 0.3) is 0 Å². The van der Waals surface area contributed by atoms with Crippen LogP contribution >= 0.6 is 0 Å². The molecule has 3 unspecified atom stereocenters. The van der Waals surface area contributed by atoms with E-state index in [-0.39, 0.29) is 0 Å². The third-order valence-corrected chi connectivity index (χ3v) is 5.04. The van der Waals surface area contributed by atoms with Gasteiger partial charge in [0.25, 0.3) is 0 Å². The zero-order valence-corrected chi connectivity index (χ0v) is 12.4. The molecule has 19 heavy (non-hydrogen) atoms. The maximum absolute atomic E-state index is 12.7. The lowest BCUT2D eigenvalue weighted by molar-refractivity contribution is -0.137. The topological polar surface area (TPSA) is 46.3 Å². The second-order valence-electron chi connectivity index (χ2n) is 6.67. The van der Waals surface area contributed by atoms with Gasteiger partial charge in [-0.25, -0.2) is 0 Å². The van der Waals surface area contributed by atoms with Gasteiger partial charge in [0.1, 0.15) is 0 Å². The average Bonchev–Trinajstić information content (AvgIpc) is 2.63. The molecule has 1 saturated heterocycles. The molecule has 0 bridgehead atoms. The van der Waals surface area contributed by atoms with Gasteiger partial charge in [-0.3, -0.25) is 4.79 Å². The van der Waals surface area contributed by atoms with Crippen LogP contribution in [0, 0.1) is 17.8 Å². The van der Waals surface area contributed by atoms with E-state index in [1.54, 1.807) is 0 Å². The molecular formula is C16H30N2O. The number of nitrogens with zero attached hydrogens (tertiary/aromatic N) is 1. The molecule has 1 aliphatic heterocycles. The number of amides is 1. The smallest absolute Gasteiger partial charge is 0.225 e. The quantitative estimate of drug-likeness (QED) is 0.854. The van der Waals surface area contributed by atoms with Crippen molar-refractivity contribution >= 4 is 5.91 Å². The van der Waals surface area contributed by atoms with Crippen LogP contribution in [0.2, 0.25) is 0 Å². The van der Waals surface area contributed by atoms with E-state index in [1.165, 1.54) is 32.1 Å². The maximum atomic E-state index is 12.7. The fourth-order valence-corrected chi connectivity index (χ4v) is 3.75. The third-order valence-electron chi connectivity index (χ3n) is 5.04. The van der Waals surface area contributed by atoms with Crippen molar-refractivity contribution in [3.63, 3.8) is 0 Å². The van der Waals surface area contributed by atoms with Crippen molar-refractivity contribution in [1.29, 1.82) is 0 Å². The van der Waals surface area contributed by atoms with Gasteiger partial charge in [0.2, 0.25) is 5.91 Å². The van der Waals surface area contributed by atoms with Gasteiger partial charge in [-0.2, -0.15) is 0 Å². The monoisotopic (exact) mass is 266 g/mol. The molecule has 1 heterocycles. The Hall–Kier alpha value is -0.570. The van der Waals surface area contributed by atoms with Crippen LogP contribution in [0.4, 0.5) is 0 Å². The normalized spacial score (nSPS) is 32.9. The molecule has 0 radical (unpaired) electrons. The van der Waals surface area contributed by atoms with Gasteiger partial charge in [-0.1, -0.05) is 19.8 Å². The first-order valence-electron chi connectivity index (χ1n) is 8.19. The van der Waals surface area contributed by atoms with Gasteiger partial charge in [0.05, 0.1) is 0 Å². The lowest BCUT2D eigenvalue weighted by Gasteiger charge is -2.32. The summed E-state index contributed by atoms with van der Waals surface area (Å²) in [6, 6.07) is 0. The van der Waals surface area contributed by atoms with Crippen LogP contribution < -0.4 is 5.73 Å². The highest BCUT2D eigenvalue weighted by molar-refractivity contribution is 5.79. The minimum atomic E-state index is 0.290. The molecule has 0 spiro atoms. The number of rotatable bonds is 3. The van der Waals surface area contributed by atoms with Crippen molar-refractivity contribution < 1.29 is 4.79 Å². The summed E-state index contributed by atoms with van der Waals surface area (Å²) < 4.78 is 0. The molecule has 2 N–H and O–H groups in total. The molecule has 0 aromatic rings. The van der Waals surface area contributed by atoms with Gasteiger partial charge in [0.15, 0.2) is 0 Å². The van der Waals surface area contributed by atoms with Gasteiger partial charge in [-0.05, 0) is 56.9 Å². The van der Waals surface area contributed by atoms with Gasteiger partial charge >= 0.3 is 0 Å². The predicted molar refractivity (Wildman–Crippen MR) is 78.7 cm³/mol. The zero-order valence-electron chi connectivity index (χ0n) is 12.4. The van der Waals surface area contributed by atoms with E-state index in [0.29, 0.717) is 17.7 Å². The lowest BCUT2D eigenvalue weighted by atomic mass is 9.79. The van der Waals surface area contributed by atoms with E-state index in [0.717, 1.165) is 44.8 Å². The first-order valence-corrected chi connectivity index (χ1v) is 8.19. The summed E-state index contributed by atoms with van der Waals surface area (Å²) in [6.07, 6.45) is 9.43. The zero-order chi connectivity index (χ0) is 13.7. The van der Waals surface area contributed by atoms with Gasteiger partial charge < -0.3 is 10.6 Å². The van der Waals surface area contributed by atoms with Crippen molar-refractivity contribution in [2.75, 3.05) is 19.6 Å². The van der Waals surface area contributed by atoms with Crippen LogP contribution in [0.3, 0.4) is 0 Å². The number of likely N-dealkylation sites (tertiary alicyclic amines) is 1. The Bertz CT molecular complexity index is 290. The third kappa shape index (κ3) is 4.20. The maximum Gasteiger partial charge on any atom is 0.225 e. The molecular weight excluding hydrogens is 236 g/mol. The summed E-state index contributed by atoms with van der Waals surface area (Å²) in [6.45, 7) is 5.05. The number of carbonyl (C=O) groups is 1. The Morgan fingerprint density at radius 2 is 2.00 bits per heavy atom. The minimum Gasteiger partial charge on any atom is -0.342 e. The number of hydrogen-bond acceptors (Lipinski definition) is 2. The molecule has 3 nitrogen and oxygen atoms in total. The van der Waals surface area contributed by atoms with Crippen LogP contribution in [-0.2, 0) is 4.79 Å². The molecule has 2 aliphatic rings. The molecule has 1 amide bonds. The average molecular weight is 266 g/mol. The molecule has 0 aromatic carbocycles. The molecule has 2 fully saturated rings. The van der Waals surface area contributed by atoms with Crippen LogP contribution in [0.1, 0.15) is 58.3 Å². The highest BCUT2D eigenvalue weighted by atomic mass is 16.2. The first-order chi connectivity index (χ1) is 9.20. The number of carbonyl (C=O) groups excluding carboxylic acids is 1. The van der Waals surface area contributed by atoms with Crippen molar-refractivity contribution in [2.45, 2.75) is 58.3 Å². The highest BCUT2D eigenvalue weighted by Crippen LogP contribution is 2.32. The Morgan fingerprint density at radius 3 is 2.79 bits per heavy atom. The van der Waals surface area contributed by atoms with Gasteiger partial charge in [0, 0.05) is 19.0 Å². The second-order valence-corrected chi connectivity index (χ2v) is 6.67. The van der Waals surface area contributed by atoms with Crippen molar-refractivity contribution in [1.82, 2.24) is 4.90 Å². The Balaban J connectivity index is 1.87. The number of hydrogen-bond donors (Lipinski definition) is 1. The van der Waals surface area contributed by atoms with Crippen LogP contribution in [0.15, 0.2) is 0 Å². The molecule has 3 heteroatoms. The predicted octanol–water partition coefficient (Wildman–Crippen LogP) is 2.79. The van der Waals surface area contributed by atoms with Crippen molar-refractivity contribution in [3.8, 4) is 0 Å². The minimum absolute atomic E-state index is 0.290. The summed E-state index contributed by atoms with van der Waals surface area (Å²) in [4.78, 5) is 14.8. The van der Waals surface area contributed by atoms with Crippen molar-refractivity contribution in [3.05, 3.63) is 0 Å². The summed E-state index contributed by atoms with van der Waals surface area (Å²) >= 11 is 0. The van der Waals surface area contributed by atoms with E-state index < -0.39 is 0 Å². The van der Waals surface area contributed by atoms with E-state index in [1.807, 2.05) is 0 Å². The molecule has 3 atom stereocenters. The van der Waals surface area contributed by atoms with E-state index in [2.05, 4.69) is 11.8 Å². The van der Waals surface area contributed by atoms with Crippen LogP contribution in [0.5, 0.6) is 0 Å². The SMILES string of the molecule is CC1CCCN(C(=O)C2CCCC(CCN)C2)CC1. The van der Waals surface area contributed by atoms with E-state index in [9.17, 15) is 4.79 Å². The molecule has 110 valence electrons. The standard InChI is InChI=1S/C16H30N2O/c1-13-4-3-10-18(11-8-13)16(19)15-6-2-5-14(12-15)7-9-17/h13-15H,2-12,17H2,1H3. The Kier molecular flexibility index (Phi) is 5.68. The van der Waals surface area contributed by atoms with Gasteiger partial charge in [-0.15, -0.1) is 0 Å². The summed E-state index contributed by atoms with van der Waals surface area (Å²) in [5, 5.41) is 0. The Labute approximate surface area is 117 Å². The second kappa shape index (κ2) is 7.28. The Morgan fingerprint density at radius 1 is 1.16 bits per heavy atom. The van der Waals surface area contributed by atoms with Crippen molar-refractivity contribution in [2.24, 2.45) is 23.5 Å². The molecule has 1 aliphatic carbocycles. The molecule has 2 rings (SSSR count). The fraction of sp³-hybridized carbons (Fsp3) is 0.938. The largest absolute Gasteiger partial charge is 0.342 e. The molecule has 0 aromatic heterocycles. The van der Waals surface area contributed by atoms with E-state index in [4.69, 9.17) is 5.73 Å². The number of nitrogens with two attached hydrogens (primary N) is 1. The fourth-order valence-electron chi connectivity index (χ4n) is 3.75. The summed E-state index contributed by atoms with van der Waals surface area (Å²) in [5.41, 5.74) is 5.66. The summed E-state index contributed by atoms with van der Waals surface area (Å²) in [5.74, 6) is 2.21. The van der Waals surface area contributed by atoms with E-state index >= 15 is 0 Å². The first kappa shape index (κ1) is 14.8. The summed E-state index contributed by atoms with van der Waals surface area (Å²) in [7, 11) is 0. The molecule has 1 saturated carbocycles. The lowest BCUT2D eigenvalue weighted by Crippen LogP contribution is -2.39. The van der Waals surface area contributed by atoms with Crippen LogP contribution in [-0.4, -0.2) is 30.4 Å².